The molecule has 9 heteroatoms. The van der Waals surface area contributed by atoms with Crippen LogP contribution < -0.4 is 4.72 Å². The average Bonchev–Trinajstić information content (AvgIpc) is 3.04. The molecule has 1 aromatic carbocycles. The number of rotatable bonds is 8. The van der Waals surface area contributed by atoms with Crippen LogP contribution in [0.4, 0.5) is 0 Å². The van der Waals surface area contributed by atoms with E-state index >= 15 is 0 Å². The van der Waals surface area contributed by atoms with E-state index in [0.717, 1.165) is 22.3 Å². The van der Waals surface area contributed by atoms with Gasteiger partial charge in [0.2, 0.25) is 15.8 Å². The lowest BCUT2D eigenvalue weighted by atomic mass is 10.2. The van der Waals surface area contributed by atoms with Crippen LogP contribution in [0, 0.1) is 6.92 Å². The van der Waals surface area contributed by atoms with Gasteiger partial charge in [0.05, 0.1) is 9.21 Å². The summed E-state index contributed by atoms with van der Waals surface area (Å²) in [5.41, 5.74) is 1.77. The van der Waals surface area contributed by atoms with E-state index in [-0.39, 0.29) is 0 Å². The normalized spacial score (nSPS) is 11.6. The number of esters is 1. The molecule has 1 N–H and O–H groups in total. The quantitative estimate of drug-likeness (QED) is 0.530. The summed E-state index contributed by atoms with van der Waals surface area (Å²) in [6, 6.07) is 10.4. The lowest BCUT2D eigenvalue weighted by Gasteiger charge is -2.04. The highest BCUT2D eigenvalue weighted by molar-refractivity contribution is 7.92. The van der Waals surface area contributed by atoms with Crippen LogP contribution in [0.5, 0.6) is 0 Å². The van der Waals surface area contributed by atoms with Gasteiger partial charge in [-0.1, -0.05) is 41.4 Å². The van der Waals surface area contributed by atoms with Crippen molar-refractivity contribution in [1.82, 2.24) is 4.72 Å². The van der Waals surface area contributed by atoms with Gasteiger partial charge in [0.15, 0.2) is 6.61 Å². The Bertz CT molecular complexity index is 917. The number of ether oxygens (including phenoxy) is 1. The second-order valence-corrected chi connectivity index (χ2v) is 8.63. The van der Waals surface area contributed by atoms with Gasteiger partial charge in [-0.15, -0.1) is 11.3 Å². The van der Waals surface area contributed by atoms with Crippen LogP contribution in [0.1, 0.15) is 20.8 Å². The smallest absolute Gasteiger partial charge is 0.321 e. The number of aryl methyl sites for hydroxylation is 1. The highest BCUT2D eigenvalue weighted by Gasteiger charge is 2.14. The number of thiophene rings is 1. The van der Waals surface area contributed by atoms with E-state index in [4.69, 9.17) is 16.3 Å². The number of hydrogen-bond donors (Lipinski definition) is 1. The molecule has 0 saturated heterocycles. The van der Waals surface area contributed by atoms with E-state index < -0.39 is 34.9 Å². The summed E-state index contributed by atoms with van der Waals surface area (Å²) in [7, 11) is -3.80. The monoisotopic (exact) mass is 413 g/mol. The highest BCUT2D eigenvalue weighted by atomic mass is 35.5. The maximum absolute atomic E-state index is 11.9. The number of hydrogen-bond acceptors (Lipinski definition) is 6. The van der Waals surface area contributed by atoms with Gasteiger partial charge in [-0.2, -0.15) is 0 Å². The van der Waals surface area contributed by atoms with E-state index in [2.05, 4.69) is 4.72 Å². The van der Waals surface area contributed by atoms with Gasteiger partial charge in [-0.05, 0) is 30.7 Å². The summed E-state index contributed by atoms with van der Waals surface area (Å²) in [4.78, 5) is 23.7. The van der Waals surface area contributed by atoms with E-state index in [1.807, 2.05) is 19.1 Å². The van der Waals surface area contributed by atoms with Crippen LogP contribution in [0.25, 0.3) is 6.08 Å². The molecule has 0 aliphatic heterocycles. The Morgan fingerprint density at radius 2 is 1.88 bits per heavy atom. The first kappa shape index (κ1) is 20.3. The number of carbonyl (C=O) groups excluding carboxylic acids is 2. The van der Waals surface area contributed by atoms with Crippen LogP contribution in [0.3, 0.4) is 0 Å². The molecule has 1 heterocycles. The predicted octanol–water partition coefficient (Wildman–Crippen LogP) is 3.03. The van der Waals surface area contributed by atoms with E-state index in [9.17, 15) is 18.0 Å². The average molecular weight is 414 g/mol. The van der Waals surface area contributed by atoms with Crippen LogP contribution in [0.15, 0.2) is 41.8 Å². The maximum atomic E-state index is 11.9. The van der Waals surface area contributed by atoms with Crippen LogP contribution >= 0.6 is 22.9 Å². The number of sulfonamides is 1. The van der Waals surface area contributed by atoms with Crippen molar-refractivity contribution >= 4 is 50.8 Å². The van der Waals surface area contributed by atoms with Crippen LogP contribution in [-0.4, -0.2) is 33.3 Å². The molecule has 0 fully saturated rings. The van der Waals surface area contributed by atoms with Crippen LogP contribution in [-0.2, 0) is 19.6 Å². The van der Waals surface area contributed by atoms with E-state index in [1.54, 1.807) is 18.2 Å². The third-order valence-corrected chi connectivity index (χ3v) is 5.46. The third kappa shape index (κ3) is 6.72. The van der Waals surface area contributed by atoms with Crippen molar-refractivity contribution in [2.75, 3.05) is 13.2 Å². The minimum atomic E-state index is -3.80. The van der Waals surface area contributed by atoms with Crippen molar-refractivity contribution in [2.45, 2.75) is 6.92 Å². The molecule has 0 amide bonds. The molecule has 2 aromatic rings. The van der Waals surface area contributed by atoms with Gasteiger partial charge in [0.1, 0.15) is 6.54 Å². The molecule has 0 atom stereocenters. The van der Waals surface area contributed by atoms with E-state index in [0.29, 0.717) is 14.8 Å². The first-order chi connectivity index (χ1) is 12.2. The fourth-order valence-electron chi connectivity index (χ4n) is 1.79. The number of Topliss-reactive ketones (excluding diaryl/α,β-unsaturated/α-hetero) is 1. The number of ketones is 1. The predicted molar refractivity (Wildman–Crippen MR) is 102 cm³/mol. The molecule has 0 aliphatic rings. The Labute approximate surface area is 160 Å². The Hall–Kier alpha value is -2.00. The first-order valence-corrected chi connectivity index (χ1v) is 10.2. The largest absolute Gasteiger partial charge is 0.456 e. The van der Waals surface area contributed by atoms with Crippen molar-refractivity contribution in [3.63, 3.8) is 0 Å². The summed E-state index contributed by atoms with van der Waals surface area (Å²) in [5.74, 6) is -1.26. The molecule has 2 rings (SSSR count). The highest BCUT2D eigenvalue weighted by Crippen LogP contribution is 2.21. The molecular weight excluding hydrogens is 398 g/mol. The molecule has 0 bridgehead atoms. The lowest BCUT2D eigenvalue weighted by molar-refractivity contribution is -0.141. The van der Waals surface area contributed by atoms with Crippen molar-refractivity contribution in [3.05, 3.63) is 62.1 Å². The van der Waals surface area contributed by atoms with Gasteiger partial charge in [-0.3, -0.25) is 9.59 Å². The SMILES string of the molecule is Cc1ccc(C=CS(=O)(=O)NCC(=O)OCC(=O)c2ccc(Cl)s2)cc1. The zero-order chi connectivity index (χ0) is 19.2. The molecule has 0 aliphatic carbocycles. The number of nitrogens with one attached hydrogen (secondary N) is 1. The minimum absolute atomic E-state index is 0.365. The number of carbonyl (C=O) groups is 2. The van der Waals surface area contributed by atoms with Crippen molar-refractivity contribution in [2.24, 2.45) is 0 Å². The maximum Gasteiger partial charge on any atom is 0.321 e. The molecule has 0 spiro atoms. The molecule has 0 radical (unpaired) electrons. The molecule has 26 heavy (non-hydrogen) atoms. The second-order valence-electron chi connectivity index (χ2n) is 5.27. The summed E-state index contributed by atoms with van der Waals surface area (Å²) < 4.78 is 31.0. The zero-order valence-electron chi connectivity index (χ0n) is 13.8. The molecular formula is C17H16ClNO5S2. The minimum Gasteiger partial charge on any atom is -0.456 e. The zero-order valence-corrected chi connectivity index (χ0v) is 16.2. The molecule has 0 unspecified atom stereocenters. The van der Waals surface area contributed by atoms with E-state index in [1.165, 1.54) is 12.1 Å². The standard InChI is InChI=1S/C17H16ClNO5S2/c1-12-2-4-13(5-3-12)8-9-26(22,23)19-10-17(21)24-11-14(20)15-6-7-16(18)25-15/h2-9,19H,10-11H2,1H3. The van der Waals surface area contributed by atoms with Gasteiger partial charge >= 0.3 is 5.97 Å². The molecule has 0 saturated carbocycles. The molecule has 1 aromatic heterocycles. The fourth-order valence-corrected chi connectivity index (χ4v) is 3.50. The summed E-state index contributed by atoms with van der Waals surface area (Å²) in [5, 5.41) is 0.962. The Kier molecular flexibility index (Phi) is 7.10. The topological polar surface area (TPSA) is 89.5 Å². The summed E-state index contributed by atoms with van der Waals surface area (Å²) in [6.45, 7) is 0.880. The lowest BCUT2D eigenvalue weighted by Crippen LogP contribution is -2.30. The van der Waals surface area contributed by atoms with Crippen molar-refractivity contribution < 1.29 is 22.7 Å². The fraction of sp³-hybridized carbons (Fsp3) is 0.176. The number of halogens is 1. The van der Waals surface area contributed by atoms with Crippen molar-refractivity contribution in [1.29, 1.82) is 0 Å². The Balaban J connectivity index is 1.80. The number of benzene rings is 1. The third-order valence-electron chi connectivity index (χ3n) is 3.15. The van der Waals surface area contributed by atoms with Gasteiger partial charge in [0, 0.05) is 5.41 Å². The second kappa shape index (κ2) is 9.09. The summed E-state index contributed by atoms with van der Waals surface area (Å²) >= 11 is 6.80. The first-order valence-electron chi connectivity index (χ1n) is 7.44. The van der Waals surface area contributed by atoms with Gasteiger partial charge < -0.3 is 4.74 Å². The van der Waals surface area contributed by atoms with Crippen molar-refractivity contribution in [3.8, 4) is 0 Å². The Morgan fingerprint density at radius 3 is 2.50 bits per heavy atom. The van der Waals surface area contributed by atoms with Gasteiger partial charge in [0.25, 0.3) is 0 Å². The Morgan fingerprint density at radius 1 is 1.19 bits per heavy atom. The molecule has 138 valence electrons. The molecule has 6 nitrogen and oxygen atoms in total. The summed E-state index contributed by atoms with van der Waals surface area (Å²) in [6.07, 6.45) is 1.41. The van der Waals surface area contributed by atoms with Crippen LogP contribution in [0.2, 0.25) is 4.34 Å². The van der Waals surface area contributed by atoms with Gasteiger partial charge in [-0.25, -0.2) is 13.1 Å².